The summed E-state index contributed by atoms with van der Waals surface area (Å²) < 4.78 is 12.9. The van der Waals surface area contributed by atoms with Crippen LogP contribution >= 0.6 is 23.2 Å². The van der Waals surface area contributed by atoms with E-state index in [2.05, 4.69) is 10.2 Å². The van der Waals surface area contributed by atoms with Gasteiger partial charge in [0.2, 0.25) is 0 Å². The number of furan rings is 1. The zero-order chi connectivity index (χ0) is 16.7. The van der Waals surface area contributed by atoms with Crippen LogP contribution in [-0.2, 0) is 7.05 Å². The van der Waals surface area contributed by atoms with Crippen LogP contribution < -0.4 is 0 Å². The Balaban J connectivity index is 1.76. The third-order valence-corrected chi connectivity index (χ3v) is 4.27. The van der Waals surface area contributed by atoms with Crippen LogP contribution in [-0.4, -0.2) is 14.8 Å². The smallest absolute Gasteiger partial charge is 0.283 e. The lowest BCUT2D eigenvalue weighted by Gasteiger charge is -2.08. The summed E-state index contributed by atoms with van der Waals surface area (Å²) in [5, 5.41) is 9.35. The summed E-state index contributed by atoms with van der Waals surface area (Å²) in [5.74, 6) is 1.26. The van der Waals surface area contributed by atoms with Crippen molar-refractivity contribution >= 4 is 23.2 Å². The monoisotopic (exact) mass is 359 g/mol. The largest absolute Gasteiger partial charge is 0.459 e. The van der Waals surface area contributed by atoms with E-state index in [0.717, 1.165) is 17.0 Å². The van der Waals surface area contributed by atoms with Crippen LogP contribution in [0.3, 0.4) is 0 Å². The van der Waals surface area contributed by atoms with Gasteiger partial charge in [0.1, 0.15) is 5.69 Å². The van der Waals surface area contributed by atoms with Gasteiger partial charge < -0.3 is 13.4 Å². The summed E-state index contributed by atoms with van der Waals surface area (Å²) in [5.41, 5.74) is 2.50. The van der Waals surface area contributed by atoms with Crippen LogP contribution in [0.1, 0.15) is 0 Å². The molecule has 0 aliphatic rings. The van der Waals surface area contributed by atoms with E-state index in [4.69, 9.17) is 32.0 Å². The van der Waals surface area contributed by atoms with E-state index >= 15 is 0 Å². The fraction of sp³-hybridized carbons (Fsp3) is 0.0588. The summed E-state index contributed by atoms with van der Waals surface area (Å²) >= 11 is 12.4. The molecule has 24 heavy (non-hydrogen) atoms. The molecule has 0 saturated carbocycles. The Hall–Kier alpha value is -2.50. The van der Waals surface area contributed by atoms with E-state index in [9.17, 15) is 0 Å². The van der Waals surface area contributed by atoms with E-state index in [1.807, 2.05) is 29.8 Å². The average molecular weight is 360 g/mol. The van der Waals surface area contributed by atoms with E-state index in [-0.39, 0.29) is 0 Å². The standard InChI is InChI=1S/C17H11Cl2N3O2/c1-22-13(11-9-10(18)4-5-12(11)19)6-7-14(22)16-20-21-17(24-16)15-3-2-8-23-15/h2-9H,1H3. The van der Waals surface area contributed by atoms with Crippen LogP contribution in [0, 0.1) is 0 Å². The quantitative estimate of drug-likeness (QED) is 0.497. The third-order valence-electron chi connectivity index (χ3n) is 3.70. The van der Waals surface area contributed by atoms with E-state index in [1.165, 1.54) is 0 Å². The van der Waals surface area contributed by atoms with E-state index in [1.54, 1.807) is 30.5 Å². The molecule has 7 heteroatoms. The Morgan fingerprint density at radius 1 is 0.958 bits per heavy atom. The first kappa shape index (κ1) is 15.1. The minimum Gasteiger partial charge on any atom is -0.459 e. The van der Waals surface area contributed by atoms with Crippen molar-refractivity contribution in [2.45, 2.75) is 0 Å². The average Bonchev–Trinajstić information content (AvgIpc) is 3.29. The van der Waals surface area contributed by atoms with Crippen LogP contribution in [0.4, 0.5) is 0 Å². The van der Waals surface area contributed by atoms with E-state index in [0.29, 0.717) is 27.6 Å². The molecular formula is C17H11Cl2N3O2. The maximum absolute atomic E-state index is 6.29. The summed E-state index contributed by atoms with van der Waals surface area (Å²) in [4.78, 5) is 0. The van der Waals surface area contributed by atoms with Gasteiger partial charge in [0.05, 0.1) is 6.26 Å². The Bertz CT molecular complexity index is 1000. The topological polar surface area (TPSA) is 57.0 Å². The Morgan fingerprint density at radius 3 is 2.54 bits per heavy atom. The molecule has 0 spiro atoms. The molecule has 4 aromatic rings. The molecular weight excluding hydrogens is 349 g/mol. The Morgan fingerprint density at radius 2 is 1.75 bits per heavy atom. The van der Waals surface area contributed by atoms with Gasteiger partial charge in [0.15, 0.2) is 5.76 Å². The Labute approximate surface area is 147 Å². The van der Waals surface area contributed by atoms with Crippen molar-refractivity contribution in [1.29, 1.82) is 0 Å². The molecule has 3 aromatic heterocycles. The highest BCUT2D eigenvalue weighted by atomic mass is 35.5. The number of hydrogen-bond acceptors (Lipinski definition) is 4. The first-order valence-corrected chi connectivity index (χ1v) is 7.88. The lowest BCUT2D eigenvalue weighted by Crippen LogP contribution is -1.95. The zero-order valence-corrected chi connectivity index (χ0v) is 14.0. The van der Waals surface area contributed by atoms with Gasteiger partial charge in [-0.1, -0.05) is 23.2 Å². The third kappa shape index (κ3) is 2.52. The number of rotatable bonds is 3. The fourth-order valence-corrected chi connectivity index (χ4v) is 2.90. The van der Waals surface area contributed by atoms with Crippen LogP contribution in [0.2, 0.25) is 10.0 Å². The first-order chi connectivity index (χ1) is 11.6. The van der Waals surface area contributed by atoms with Gasteiger partial charge in [-0.25, -0.2) is 0 Å². The molecule has 120 valence electrons. The molecule has 3 heterocycles. The molecule has 1 aromatic carbocycles. The molecule has 0 aliphatic heterocycles. The van der Waals surface area contributed by atoms with E-state index < -0.39 is 0 Å². The molecule has 0 fully saturated rings. The van der Waals surface area contributed by atoms with Crippen molar-refractivity contribution in [2.24, 2.45) is 7.05 Å². The number of nitrogens with zero attached hydrogens (tertiary/aromatic N) is 3. The maximum atomic E-state index is 6.29. The lowest BCUT2D eigenvalue weighted by molar-refractivity contribution is 0.521. The number of hydrogen-bond donors (Lipinski definition) is 0. The second-order valence-electron chi connectivity index (χ2n) is 5.18. The van der Waals surface area contributed by atoms with Crippen LogP contribution in [0.25, 0.3) is 34.5 Å². The van der Waals surface area contributed by atoms with Crippen molar-refractivity contribution in [3.63, 3.8) is 0 Å². The van der Waals surface area contributed by atoms with Crippen molar-refractivity contribution in [1.82, 2.24) is 14.8 Å². The second kappa shape index (κ2) is 5.85. The number of halogens is 2. The maximum Gasteiger partial charge on any atom is 0.283 e. The minimum atomic E-state index is 0.332. The zero-order valence-electron chi connectivity index (χ0n) is 12.5. The fourth-order valence-electron chi connectivity index (χ4n) is 2.52. The SMILES string of the molecule is Cn1c(-c2nnc(-c3ccco3)o2)ccc1-c1cc(Cl)ccc1Cl. The second-order valence-corrected chi connectivity index (χ2v) is 6.02. The molecule has 0 saturated heterocycles. The molecule has 0 N–H and O–H groups in total. The molecule has 4 rings (SSSR count). The lowest BCUT2D eigenvalue weighted by atomic mass is 10.1. The molecule has 0 radical (unpaired) electrons. The van der Waals surface area contributed by atoms with Crippen molar-refractivity contribution in [2.75, 3.05) is 0 Å². The van der Waals surface area contributed by atoms with Crippen LogP contribution in [0.15, 0.2) is 57.6 Å². The normalized spacial score (nSPS) is 11.1. The van der Waals surface area contributed by atoms with Crippen molar-refractivity contribution in [3.8, 4) is 34.5 Å². The first-order valence-electron chi connectivity index (χ1n) is 7.12. The Kier molecular flexibility index (Phi) is 3.67. The highest BCUT2D eigenvalue weighted by Gasteiger charge is 2.17. The van der Waals surface area contributed by atoms with Gasteiger partial charge in [0, 0.05) is 28.4 Å². The molecule has 0 atom stereocenters. The van der Waals surface area contributed by atoms with Gasteiger partial charge in [-0.05, 0) is 42.5 Å². The van der Waals surface area contributed by atoms with Gasteiger partial charge in [0.25, 0.3) is 11.8 Å². The van der Waals surface area contributed by atoms with Gasteiger partial charge in [-0.15, -0.1) is 10.2 Å². The summed E-state index contributed by atoms with van der Waals surface area (Å²) in [6.07, 6.45) is 1.56. The predicted octanol–water partition coefficient (Wildman–Crippen LogP) is 5.31. The van der Waals surface area contributed by atoms with Crippen molar-refractivity contribution < 1.29 is 8.83 Å². The molecule has 0 aliphatic carbocycles. The minimum absolute atomic E-state index is 0.332. The summed E-state index contributed by atoms with van der Waals surface area (Å²) in [6.45, 7) is 0. The van der Waals surface area contributed by atoms with Crippen molar-refractivity contribution in [3.05, 3.63) is 58.8 Å². The summed E-state index contributed by atoms with van der Waals surface area (Å²) in [6, 6.07) is 12.7. The number of aromatic nitrogens is 3. The molecule has 0 unspecified atom stereocenters. The highest BCUT2D eigenvalue weighted by Crippen LogP contribution is 2.34. The van der Waals surface area contributed by atoms with Gasteiger partial charge >= 0.3 is 0 Å². The van der Waals surface area contributed by atoms with Gasteiger partial charge in [-0.3, -0.25) is 0 Å². The molecule has 5 nitrogen and oxygen atoms in total. The number of benzene rings is 1. The molecule has 0 bridgehead atoms. The van der Waals surface area contributed by atoms with Crippen LogP contribution in [0.5, 0.6) is 0 Å². The van der Waals surface area contributed by atoms with Gasteiger partial charge in [-0.2, -0.15) is 0 Å². The highest BCUT2D eigenvalue weighted by molar-refractivity contribution is 6.35. The predicted molar refractivity (Wildman–Crippen MR) is 91.9 cm³/mol. The summed E-state index contributed by atoms with van der Waals surface area (Å²) in [7, 11) is 1.90. The molecule has 0 amide bonds.